The van der Waals surface area contributed by atoms with Gasteiger partial charge in [0, 0.05) is 6.08 Å². The quantitative estimate of drug-likeness (QED) is 0.800. The van der Waals surface area contributed by atoms with E-state index in [0.717, 1.165) is 11.6 Å². The van der Waals surface area contributed by atoms with Crippen molar-refractivity contribution >= 4 is 12.0 Å². The number of ether oxygens (including phenoxy) is 2. The lowest BCUT2D eigenvalue weighted by Gasteiger charge is -2.11. The van der Waals surface area contributed by atoms with Gasteiger partial charge in [-0.3, -0.25) is 0 Å². The molecule has 0 atom stereocenters. The summed E-state index contributed by atoms with van der Waals surface area (Å²) in [5.74, 6) is 0.240. The monoisotopic (exact) mass is 262 g/mol. The van der Waals surface area contributed by atoms with E-state index in [1.165, 1.54) is 0 Å². The van der Waals surface area contributed by atoms with Crippen molar-refractivity contribution in [2.45, 2.75) is 13.8 Å². The summed E-state index contributed by atoms with van der Waals surface area (Å²) in [6, 6.07) is 5.59. The Hall–Kier alpha value is -2.23. The number of allylic oxidation sites excluding steroid dienone is 1. The van der Waals surface area contributed by atoms with Crippen LogP contribution < -0.4 is 9.47 Å². The van der Waals surface area contributed by atoms with Gasteiger partial charge in [0.25, 0.3) is 0 Å². The summed E-state index contributed by atoms with van der Waals surface area (Å²) in [5.41, 5.74) is 1.65. The Bertz CT molecular complexity index is 501. The average molecular weight is 262 g/mol. The third kappa shape index (κ3) is 4.87. The summed E-state index contributed by atoms with van der Waals surface area (Å²) in [6.45, 7) is 3.86. The molecule has 0 spiro atoms. The summed E-state index contributed by atoms with van der Waals surface area (Å²) in [4.78, 5) is 10.5. The summed E-state index contributed by atoms with van der Waals surface area (Å²) < 4.78 is 10.8. The van der Waals surface area contributed by atoms with E-state index in [1.807, 2.05) is 37.3 Å². The van der Waals surface area contributed by atoms with Crippen LogP contribution in [0.4, 0.5) is 0 Å². The molecule has 0 amide bonds. The Kier molecular flexibility index (Phi) is 5.67. The highest BCUT2D eigenvalue weighted by Gasteiger charge is 2.05. The van der Waals surface area contributed by atoms with Gasteiger partial charge in [-0.2, -0.15) is 0 Å². The summed E-state index contributed by atoms with van der Waals surface area (Å²) in [7, 11) is 1.57. The molecular weight excluding hydrogens is 244 g/mol. The van der Waals surface area contributed by atoms with Gasteiger partial charge in [0.2, 0.25) is 0 Å². The maximum absolute atomic E-state index is 10.5. The van der Waals surface area contributed by atoms with Crippen molar-refractivity contribution in [3.63, 3.8) is 0 Å². The van der Waals surface area contributed by atoms with E-state index in [2.05, 4.69) is 0 Å². The van der Waals surface area contributed by atoms with Gasteiger partial charge in [-0.05, 0) is 37.1 Å². The van der Waals surface area contributed by atoms with Gasteiger partial charge in [-0.1, -0.05) is 18.2 Å². The number of hydrogen-bond acceptors (Lipinski definition) is 3. The fourth-order valence-corrected chi connectivity index (χ4v) is 1.54. The van der Waals surface area contributed by atoms with Crippen LogP contribution in [0.15, 0.2) is 35.9 Å². The Labute approximate surface area is 113 Å². The predicted octanol–water partition coefficient (Wildman–Crippen LogP) is 3.14. The molecule has 0 saturated heterocycles. The van der Waals surface area contributed by atoms with E-state index in [9.17, 15) is 4.79 Å². The van der Waals surface area contributed by atoms with E-state index in [4.69, 9.17) is 14.6 Å². The van der Waals surface area contributed by atoms with E-state index >= 15 is 0 Å². The van der Waals surface area contributed by atoms with Crippen LogP contribution in [0.25, 0.3) is 6.08 Å². The smallest absolute Gasteiger partial charge is 0.328 e. The Balaban J connectivity index is 2.81. The highest BCUT2D eigenvalue weighted by Crippen LogP contribution is 2.28. The Morgan fingerprint density at radius 2 is 2.11 bits per heavy atom. The highest BCUT2D eigenvalue weighted by molar-refractivity contribution is 5.80. The third-order valence-electron chi connectivity index (χ3n) is 2.37. The number of methoxy groups -OCH3 is 1. The predicted molar refractivity (Wildman–Crippen MR) is 74.6 cm³/mol. The molecule has 1 aromatic carbocycles. The van der Waals surface area contributed by atoms with Gasteiger partial charge < -0.3 is 14.6 Å². The topological polar surface area (TPSA) is 55.8 Å². The lowest BCUT2D eigenvalue weighted by atomic mass is 10.2. The van der Waals surface area contributed by atoms with Gasteiger partial charge in [0.05, 0.1) is 7.11 Å². The summed E-state index contributed by atoms with van der Waals surface area (Å²) >= 11 is 0. The average Bonchev–Trinajstić information content (AvgIpc) is 2.36. The lowest BCUT2D eigenvalue weighted by molar-refractivity contribution is -0.131. The second-order valence-electron chi connectivity index (χ2n) is 4.03. The van der Waals surface area contributed by atoms with Crippen molar-refractivity contribution in [1.29, 1.82) is 0 Å². The minimum Gasteiger partial charge on any atom is -0.493 e. The summed E-state index contributed by atoms with van der Waals surface area (Å²) in [5, 5.41) is 8.61. The molecule has 19 heavy (non-hydrogen) atoms. The molecule has 4 heteroatoms. The first-order valence-corrected chi connectivity index (χ1v) is 5.90. The molecule has 0 aliphatic rings. The molecule has 0 aliphatic heterocycles. The van der Waals surface area contributed by atoms with Crippen LogP contribution >= 0.6 is 0 Å². The first kappa shape index (κ1) is 14.8. The fraction of sp³-hybridized carbons (Fsp3) is 0.267. The lowest BCUT2D eigenvalue weighted by Crippen LogP contribution is -2.02. The van der Waals surface area contributed by atoms with Crippen molar-refractivity contribution in [3.05, 3.63) is 41.5 Å². The van der Waals surface area contributed by atoms with E-state index in [0.29, 0.717) is 17.1 Å². The molecule has 0 aliphatic carbocycles. The molecule has 0 radical (unpaired) electrons. The van der Waals surface area contributed by atoms with Crippen molar-refractivity contribution < 1.29 is 19.4 Å². The molecule has 0 heterocycles. The number of carbonyl (C=O) groups is 1. The molecule has 0 aromatic heterocycles. The van der Waals surface area contributed by atoms with E-state index < -0.39 is 5.97 Å². The fourth-order valence-electron chi connectivity index (χ4n) is 1.54. The molecule has 1 rings (SSSR count). The Morgan fingerprint density at radius 3 is 2.68 bits per heavy atom. The number of rotatable bonds is 6. The maximum Gasteiger partial charge on any atom is 0.328 e. The van der Waals surface area contributed by atoms with Gasteiger partial charge in [0.1, 0.15) is 6.61 Å². The van der Waals surface area contributed by atoms with Crippen molar-refractivity contribution in [2.75, 3.05) is 13.7 Å². The van der Waals surface area contributed by atoms with Crippen LogP contribution in [0.1, 0.15) is 19.4 Å². The van der Waals surface area contributed by atoms with Crippen molar-refractivity contribution in [1.82, 2.24) is 0 Å². The normalized spacial score (nSPS) is 11.6. The van der Waals surface area contributed by atoms with E-state index in [-0.39, 0.29) is 6.61 Å². The molecule has 0 unspecified atom stereocenters. The molecule has 0 saturated carbocycles. The minimum atomic E-state index is -0.975. The van der Waals surface area contributed by atoms with Gasteiger partial charge >= 0.3 is 5.97 Å². The first-order chi connectivity index (χ1) is 9.06. The maximum atomic E-state index is 10.5. The number of carboxylic acid groups (broad SMARTS) is 1. The SMILES string of the molecule is C/C=C/c1ccc(OC/C(C)=C/C(=O)O)c(OC)c1. The number of benzene rings is 1. The zero-order chi connectivity index (χ0) is 14.3. The molecule has 0 fully saturated rings. The zero-order valence-corrected chi connectivity index (χ0v) is 11.3. The second kappa shape index (κ2) is 7.26. The van der Waals surface area contributed by atoms with Gasteiger partial charge in [-0.25, -0.2) is 4.79 Å². The van der Waals surface area contributed by atoms with Crippen molar-refractivity contribution in [3.8, 4) is 11.5 Å². The number of carboxylic acids is 1. The van der Waals surface area contributed by atoms with Gasteiger partial charge in [-0.15, -0.1) is 0 Å². The molecule has 1 aromatic rings. The summed E-state index contributed by atoms with van der Waals surface area (Å²) in [6.07, 6.45) is 5.03. The van der Waals surface area contributed by atoms with Crippen LogP contribution in [-0.2, 0) is 4.79 Å². The molecule has 102 valence electrons. The molecule has 0 bridgehead atoms. The van der Waals surface area contributed by atoms with Crippen LogP contribution in [0.5, 0.6) is 11.5 Å². The molecule has 1 N–H and O–H groups in total. The minimum absolute atomic E-state index is 0.214. The van der Waals surface area contributed by atoms with Crippen LogP contribution in [0, 0.1) is 0 Å². The highest BCUT2D eigenvalue weighted by atomic mass is 16.5. The standard InChI is InChI=1S/C15H18O4/c1-4-5-12-6-7-13(14(9-12)18-3)19-10-11(2)8-15(16)17/h4-9H,10H2,1-3H3,(H,16,17)/b5-4+,11-8+. The van der Waals surface area contributed by atoms with Crippen LogP contribution in [-0.4, -0.2) is 24.8 Å². The molecular formula is C15H18O4. The van der Waals surface area contributed by atoms with Gasteiger partial charge in [0.15, 0.2) is 11.5 Å². The largest absolute Gasteiger partial charge is 0.493 e. The molecule has 4 nitrogen and oxygen atoms in total. The van der Waals surface area contributed by atoms with E-state index in [1.54, 1.807) is 14.0 Å². The number of aliphatic carboxylic acids is 1. The third-order valence-corrected chi connectivity index (χ3v) is 2.37. The Morgan fingerprint density at radius 1 is 1.37 bits per heavy atom. The van der Waals surface area contributed by atoms with Crippen molar-refractivity contribution in [2.24, 2.45) is 0 Å². The first-order valence-electron chi connectivity index (χ1n) is 5.90. The second-order valence-corrected chi connectivity index (χ2v) is 4.03. The van der Waals surface area contributed by atoms with Crippen LogP contribution in [0.3, 0.4) is 0 Å². The number of hydrogen-bond donors (Lipinski definition) is 1. The van der Waals surface area contributed by atoms with Crippen LogP contribution in [0.2, 0.25) is 0 Å². The zero-order valence-electron chi connectivity index (χ0n) is 11.3.